The Bertz CT molecular complexity index is 1320. The van der Waals surface area contributed by atoms with E-state index in [2.05, 4.69) is 0 Å². The van der Waals surface area contributed by atoms with Gasteiger partial charge in [-0.05, 0) is 35.4 Å². The number of carbonyl (C=O) groups excluding carboxylic acids is 2. The van der Waals surface area contributed by atoms with Crippen LogP contribution in [0.3, 0.4) is 0 Å². The molecule has 1 saturated heterocycles. The number of amides is 2. The number of nitrogens with zero attached hydrogens (tertiary/aromatic N) is 3. The molecule has 0 spiro atoms. The third-order valence-corrected chi connectivity index (χ3v) is 7.51. The molecule has 9 heteroatoms. The number of halogens is 3. The van der Waals surface area contributed by atoms with Crippen molar-refractivity contribution >= 4 is 17.5 Å². The Hall–Kier alpha value is -3.85. The number of carbonyl (C=O) groups is 2. The van der Waals surface area contributed by atoms with Crippen LogP contribution in [-0.2, 0) is 15.7 Å². The fourth-order valence-electron chi connectivity index (χ4n) is 5.58. The zero-order valence-corrected chi connectivity index (χ0v) is 21.6. The number of alkyl halides is 3. The van der Waals surface area contributed by atoms with E-state index in [1.165, 1.54) is 6.07 Å². The molecule has 3 aromatic rings. The van der Waals surface area contributed by atoms with E-state index in [1.807, 2.05) is 47.4 Å². The second kappa shape index (κ2) is 11.1. The Kier molecular flexibility index (Phi) is 7.61. The average Bonchev–Trinajstić information content (AvgIpc) is 2.96. The molecule has 2 aliphatic rings. The second-order valence-corrected chi connectivity index (χ2v) is 9.77. The summed E-state index contributed by atoms with van der Waals surface area (Å²) in [4.78, 5) is 33.2. The number of hydrogen-bond acceptors (Lipinski definition) is 4. The SMILES string of the molecule is COCCN1C(=O)c2ccccc2[C@@H](C(=O)N2CCN(c3cccc(C(F)(F)F)c3)CC2)[C@@H]1c1ccccc1. The standard InChI is InChI=1S/C30H30F3N3O3/c1-39-19-18-36-27(21-8-3-2-4-9-21)26(24-12-5-6-13-25(24)28(36)37)29(38)35-16-14-34(15-17-35)23-11-7-10-22(20-23)30(31,32)33/h2-13,20,26-27H,14-19H2,1H3/t26-,27+/m1/s1. The molecule has 3 aromatic carbocycles. The smallest absolute Gasteiger partial charge is 0.383 e. The van der Waals surface area contributed by atoms with Gasteiger partial charge in [-0.1, -0.05) is 54.6 Å². The predicted molar refractivity (Wildman–Crippen MR) is 142 cm³/mol. The number of benzene rings is 3. The van der Waals surface area contributed by atoms with Crippen LogP contribution in [0.4, 0.5) is 18.9 Å². The summed E-state index contributed by atoms with van der Waals surface area (Å²) in [6.45, 7) is 2.19. The lowest BCUT2D eigenvalue weighted by Gasteiger charge is -2.44. The van der Waals surface area contributed by atoms with Crippen LogP contribution >= 0.6 is 0 Å². The molecule has 0 aromatic heterocycles. The summed E-state index contributed by atoms with van der Waals surface area (Å²) < 4.78 is 45.0. The minimum atomic E-state index is -4.42. The highest BCUT2D eigenvalue weighted by Crippen LogP contribution is 2.44. The maximum Gasteiger partial charge on any atom is 0.416 e. The average molecular weight is 538 g/mol. The summed E-state index contributed by atoms with van der Waals surface area (Å²) in [7, 11) is 1.58. The van der Waals surface area contributed by atoms with Crippen molar-refractivity contribution in [2.75, 3.05) is 51.3 Å². The first-order chi connectivity index (χ1) is 18.8. The van der Waals surface area contributed by atoms with E-state index < -0.39 is 23.7 Å². The molecule has 0 unspecified atom stereocenters. The van der Waals surface area contributed by atoms with Crippen molar-refractivity contribution in [1.29, 1.82) is 0 Å². The molecule has 5 rings (SSSR count). The summed E-state index contributed by atoms with van der Waals surface area (Å²) in [5, 5.41) is 0. The lowest BCUT2D eigenvalue weighted by Crippen LogP contribution is -2.53. The Balaban J connectivity index is 1.44. The lowest BCUT2D eigenvalue weighted by atomic mass is 9.78. The van der Waals surface area contributed by atoms with E-state index in [9.17, 15) is 22.8 Å². The molecule has 2 atom stereocenters. The van der Waals surface area contributed by atoms with Crippen molar-refractivity contribution in [3.63, 3.8) is 0 Å². The van der Waals surface area contributed by atoms with Crippen molar-refractivity contribution in [3.8, 4) is 0 Å². The zero-order valence-electron chi connectivity index (χ0n) is 21.6. The van der Waals surface area contributed by atoms with E-state index >= 15 is 0 Å². The van der Waals surface area contributed by atoms with E-state index in [0.717, 1.165) is 17.7 Å². The van der Waals surface area contributed by atoms with Gasteiger partial charge in [0.2, 0.25) is 5.91 Å². The Morgan fingerprint density at radius 3 is 2.31 bits per heavy atom. The molecular weight excluding hydrogens is 507 g/mol. The number of fused-ring (bicyclic) bond motifs is 1. The van der Waals surface area contributed by atoms with Crippen molar-refractivity contribution in [2.24, 2.45) is 0 Å². The van der Waals surface area contributed by atoms with Gasteiger partial charge in [-0.2, -0.15) is 13.2 Å². The fourth-order valence-corrected chi connectivity index (χ4v) is 5.58. The topological polar surface area (TPSA) is 53.1 Å². The Labute approximate surface area is 225 Å². The van der Waals surface area contributed by atoms with Crippen LogP contribution in [0.1, 0.15) is 39.0 Å². The molecule has 2 aliphatic heterocycles. The highest BCUT2D eigenvalue weighted by molar-refractivity contribution is 6.01. The van der Waals surface area contributed by atoms with Gasteiger partial charge in [0.1, 0.15) is 0 Å². The summed E-state index contributed by atoms with van der Waals surface area (Å²) in [6, 6.07) is 21.5. The van der Waals surface area contributed by atoms with Crippen molar-refractivity contribution in [3.05, 3.63) is 101 Å². The van der Waals surface area contributed by atoms with Crippen LogP contribution in [0.15, 0.2) is 78.9 Å². The summed E-state index contributed by atoms with van der Waals surface area (Å²) in [5.74, 6) is -0.872. The van der Waals surface area contributed by atoms with Crippen LogP contribution in [-0.4, -0.2) is 68.1 Å². The van der Waals surface area contributed by atoms with Gasteiger partial charge in [-0.15, -0.1) is 0 Å². The maximum absolute atomic E-state index is 14.2. The van der Waals surface area contributed by atoms with Crippen molar-refractivity contribution in [1.82, 2.24) is 9.80 Å². The number of hydrogen-bond donors (Lipinski definition) is 0. The Morgan fingerprint density at radius 1 is 0.923 bits per heavy atom. The maximum atomic E-state index is 14.2. The van der Waals surface area contributed by atoms with Crippen LogP contribution in [0, 0.1) is 0 Å². The van der Waals surface area contributed by atoms with Crippen LogP contribution in [0.2, 0.25) is 0 Å². The molecule has 2 heterocycles. The number of ether oxygens (including phenoxy) is 1. The predicted octanol–water partition coefficient (Wildman–Crippen LogP) is 4.98. The van der Waals surface area contributed by atoms with Gasteiger partial charge in [-0.3, -0.25) is 9.59 Å². The van der Waals surface area contributed by atoms with Gasteiger partial charge in [0.05, 0.1) is 24.1 Å². The van der Waals surface area contributed by atoms with Crippen molar-refractivity contribution < 1.29 is 27.5 Å². The Morgan fingerprint density at radius 2 is 1.62 bits per heavy atom. The first kappa shape index (κ1) is 26.7. The van der Waals surface area contributed by atoms with Gasteiger partial charge < -0.3 is 19.4 Å². The number of piperazine rings is 1. The number of rotatable bonds is 6. The number of anilines is 1. The number of methoxy groups -OCH3 is 1. The molecule has 204 valence electrons. The largest absolute Gasteiger partial charge is 0.416 e. The van der Waals surface area contributed by atoms with E-state index in [4.69, 9.17) is 4.74 Å². The van der Waals surface area contributed by atoms with Gasteiger partial charge in [0, 0.05) is 51.1 Å². The summed E-state index contributed by atoms with van der Waals surface area (Å²) in [5.41, 5.74) is 1.84. The van der Waals surface area contributed by atoms with E-state index in [1.54, 1.807) is 35.1 Å². The first-order valence-electron chi connectivity index (χ1n) is 12.9. The molecule has 0 saturated carbocycles. The highest BCUT2D eigenvalue weighted by Gasteiger charge is 2.45. The molecule has 0 bridgehead atoms. The minimum absolute atomic E-state index is 0.102. The summed E-state index contributed by atoms with van der Waals surface area (Å²) in [6.07, 6.45) is -4.42. The quantitative estimate of drug-likeness (QED) is 0.445. The molecule has 0 radical (unpaired) electrons. The minimum Gasteiger partial charge on any atom is -0.383 e. The van der Waals surface area contributed by atoms with Gasteiger partial charge >= 0.3 is 6.18 Å². The van der Waals surface area contributed by atoms with Crippen molar-refractivity contribution in [2.45, 2.75) is 18.1 Å². The van der Waals surface area contributed by atoms with Gasteiger partial charge in [0.25, 0.3) is 5.91 Å². The fraction of sp³-hybridized carbons (Fsp3) is 0.333. The zero-order chi connectivity index (χ0) is 27.6. The highest BCUT2D eigenvalue weighted by atomic mass is 19.4. The molecule has 2 amide bonds. The second-order valence-electron chi connectivity index (χ2n) is 9.77. The molecular formula is C30H30F3N3O3. The molecule has 6 nitrogen and oxygen atoms in total. The van der Waals surface area contributed by atoms with Crippen LogP contribution in [0.5, 0.6) is 0 Å². The monoisotopic (exact) mass is 537 g/mol. The molecule has 39 heavy (non-hydrogen) atoms. The van der Waals surface area contributed by atoms with Gasteiger partial charge in [-0.25, -0.2) is 0 Å². The molecule has 0 N–H and O–H groups in total. The van der Waals surface area contributed by atoms with E-state index in [-0.39, 0.29) is 11.8 Å². The summed E-state index contributed by atoms with van der Waals surface area (Å²) >= 11 is 0. The normalized spacial score (nSPS) is 19.7. The van der Waals surface area contributed by atoms with Crippen LogP contribution < -0.4 is 4.90 Å². The third-order valence-electron chi connectivity index (χ3n) is 7.51. The van der Waals surface area contributed by atoms with E-state index in [0.29, 0.717) is 56.1 Å². The third kappa shape index (κ3) is 5.36. The lowest BCUT2D eigenvalue weighted by molar-refractivity contribution is -0.137. The first-order valence-corrected chi connectivity index (χ1v) is 12.9. The van der Waals surface area contributed by atoms with Crippen LogP contribution in [0.25, 0.3) is 0 Å². The molecule has 1 fully saturated rings. The molecule has 0 aliphatic carbocycles. The van der Waals surface area contributed by atoms with Gasteiger partial charge in [0.15, 0.2) is 0 Å².